The number of thiophene rings is 1. The predicted molar refractivity (Wildman–Crippen MR) is 84.4 cm³/mol. The van der Waals surface area contributed by atoms with Gasteiger partial charge in [-0.15, -0.1) is 11.3 Å². The van der Waals surface area contributed by atoms with Gasteiger partial charge in [-0.2, -0.15) is 0 Å². The quantitative estimate of drug-likeness (QED) is 0.868. The summed E-state index contributed by atoms with van der Waals surface area (Å²) in [4.78, 5) is 20.4. The Morgan fingerprint density at radius 1 is 1.50 bits per heavy atom. The number of aromatic nitrogens is 2. The lowest BCUT2D eigenvalue weighted by Crippen LogP contribution is -2.16. The normalized spacial score (nSPS) is 20.3. The summed E-state index contributed by atoms with van der Waals surface area (Å²) < 4.78 is 23.0. The van der Waals surface area contributed by atoms with Crippen molar-refractivity contribution < 1.29 is 18.3 Å². The van der Waals surface area contributed by atoms with Gasteiger partial charge in [-0.25, -0.2) is 23.2 Å². The molecule has 0 amide bonds. The third-order valence-electron chi connectivity index (χ3n) is 3.81. The van der Waals surface area contributed by atoms with Crippen molar-refractivity contribution in [2.45, 2.75) is 13.3 Å². The summed E-state index contributed by atoms with van der Waals surface area (Å²) in [6.07, 6.45) is 2.03. The fourth-order valence-corrected chi connectivity index (χ4v) is 5.53. The van der Waals surface area contributed by atoms with Crippen molar-refractivity contribution >= 4 is 43.2 Å². The molecule has 3 rings (SSSR count). The SMILES string of the molecule is Cc1c(C(=O)O)sc2ncnc(NCC3CCS(=O)(=O)C3)c12. The highest BCUT2D eigenvalue weighted by molar-refractivity contribution is 7.91. The van der Waals surface area contributed by atoms with Crippen LogP contribution in [0.1, 0.15) is 21.7 Å². The van der Waals surface area contributed by atoms with E-state index in [9.17, 15) is 18.3 Å². The van der Waals surface area contributed by atoms with E-state index >= 15 is 0 Å². The van der Waals surface area contributed by atoms with Gasteiger partial charge in [-0.3, -0.25) is 0 Å². The smallest absolute Gasteiger partial charge is 0.346 e. The van der Waals surface area contributed by atoms with Crippen molar-refractivity contribution in [1.29, 1.82) is 0 Å². The number of fused-ring (bicyclic) bond motifs is 1. The van der Waals surface area contributed by atoms with Crippen molar-refractivity contribution in [2.75, 3.05) is 23.4 Å². The number of hydrogen-bond donors (Lipinski definition) is 2. The second kappa shape index (κ2) is 5.47. The largest absolute Gasteiger partial charge is 0.477 e. The van der Waals surface area contributed by atoms with E-state index in [1.165, 1.54) is 6.33 Å². The third-order valence-corrected chi connectivity index (χ3v) is 6.83. The molecule has 1 unspecified atom stereocenters. The minimum atomic E-state index is -2.91. The molecule has 0 saturated carbocycles. The first kappa shape index (κ1) is 15.2. The third kappa shape index (κ3) is 2.78. The molecule has 0 aliphatic carbocycles. The van der Waals surface area contributed by atoms with Crippen LogP contribution in [0.2, 0.25) is 0 Å². The molecule has 0 radical (unpaired) electrons. The zero-order valence-electron chi connectivity index (χ0n) is 11.9. The first-order chi connectivity index (χ1) is 10.4. The Morgan fingerprint density at radius 3 is 2.91 bits per heavy atom. The topological polar surface area (TPSA) is 109 Å². The van der Waals surface area contributed by atoms with Gasteiger partial charge in [0.25, 0.3) is 0 Å². The van der Waals surface area contributed by atoms with Gasteiger partial charge in [0.15, 0.2) is 9.84 Å². The molecule has 0 aromatic carbocycles. The molecule has 1 atom stereocenters. The second-order valence-electron chi connectivity index (χ2n) is 5.41. The summed E-state index contributed by atoms with van der Waals surface area (Å²) in [6.45, 7) is 2.24. The van der Waals surface area contributed by atoms with Gasteiger partial charge in [0.1, 0.15) is 21.9 Å². The summed E-state index contributed by atoms with van der Waals surface area (Å²) in [6, 6.07) is 0. The zero-order valence-corrected chi connectivity index (χ0v) is 13.5. The lowest BCUT2D eigenvalue weighted by Gasteiger charge is -2.11. The standard InChI is InChI=1S/C13H15N3O4S2/c1-7-9-11(14-4-8-2-3-22(19,20)5-8)15-6-16-12(9)21-10(7)13(17)18/h6,8H,2-5H2,1H3,(H,17,18)(H,14,15,16). The lowest BCUT2D eigenvalue weighted by atomic mass is 10.1. The van der Waals surface area contributed by atoms with Crippen molar-refractivity contribution in [2.24, 2.45) is 5.92 Å². The molecular formula is C13H15N3O4S2. The first-order valence-electron chi connectivity index (χ1n) is 6.79. The highest BCUT2D eigenvalue weighted by Gasteiger charge is 2.28. The summed E-state index contributed by atoms with van der Waals surface area (Å²) in [5, 5.41) is 13.1. The lowest BCUT2D eigenvalue weighted by molar-refractivity contribution is 0.0701. The number of anilines is 1. The van der Waals surface area contributed by atoms with Crippen LogP contribution < -0.4 is 5.32 Å². The first-order valence-corrected chi connectivity index (χ1v) is 9.43. The molecule has 2 aromatic heterocycles. The van der Waals surface area contributed by atoms with E-state index in [0.717, 1.165) is 11.3 Å². The van der Waals surface area contributed by atoms with E-state index in [0.29, 0.717) is 34.6 Å². The Hall–Kier alpha value is -1.74. The number of carboxylic acids is 1. The summed E-state index contributed by atoms with van der Waals surface area (Å²) in [5.41, 5.74) is 0.634. The number of nitrogens with one attached hydrogen (secondary N) is 1. The van der Waals surface area contributed by atoms with E-state index in [1.807, 2.05) is 0 Å². The Kier molecular flexibility index (Phi) is 3.77. The maximum atomic E-state index is 11.5. The van der Waals surface area contributed by atoms with E-state index in [1.54, 1.807) is 6.92 Å². The molecule has 3 heterocycles. The Balaban J connectivity index is 1.86. The number of rotatable bonds is 4. The number of aromatic carboxylic acids is 1. The molecule has 0 spiro atoms. The molecule has 1 fully saturated rings. The molecular weight excluding hydrogens is 326 g/mol. The number of aryl methyl sites for hydroxylation is 1. The van der Waals surface area contributed by atoms with Crippen LogP contribution in [0.15, 0.2) is 6.33 Å². The number of carboxylic acid groups (broad SMARTS) is 1. The van der Waals surface area contributed by atoms with E-state index in [-0.39, 0.29) is 22.3 Å². The van der Waals surface area contributed by atoms with E-state index in [4.69, 9.17) is 0 Å². The van der Waals surface area contributed by atoms with E-state index in [2.05, 4.69) is 15.3 Å². The number of carbonyl (C=O) groups is 1. The maximum Gasteiger partial charge on any atom is 0.346 e. The van der Waals surface area contributed by atoms with Crippen molar-refractivity contribution in [1.82, 2.24) is 9.97 Å². The molecule has 7 nitrogen and oxygen atoms in total. The molecule has 2 aromatic rings. The highest BCUT2D eigenvalue weighted by atomic mass is 32.2. The maximum absolute atomic E-state index is 11.5. The fourth-order valence-electron chi connectivity index (χ4n) is 2.68. The summed E-state index contributed by atoms with van der Waals surface area (Å²) >= 11 is 1.12. The Morgan fingerprint density at radius 2 is 2.27 bits per heavy atom. The molecule has 2 N–H and O–H groups in total. The van der Waals surface area contributed by atoms with Crippen molar-refractivity contribution in [3.05, 3.63) is 16.8 Å². The number of nitrogens with zero attached hydrogens (tertiary/aromatic N) is 2. The molecule has 1 saturated heterocycles. The van der Waals surface area contributed by atoms with Gasteiger partial charge < -0.3 is 10.4 Å². The van der Waals surface area contributed by atoms with Crippen LogP contribution in [0, 0.1) is 12.8 Å². The molecule has 118 valence electrons. The Bertz CT molecular complexity index is 844. The monoisotopic (exact) mass is 341 g/mol. The zero-order chi connectivity index (χ0) is 15.9. The molecule has 9 heteroatoms. The molecule has 22 heavy (non-hydrogen) atoms. The van der Waals surface area contributed by atoms with Crippen molar-refractivity contribution in [3.8, 4) is 0 Å². The minimum Gasteiger partial charge on any atom is -0.477 e. The summed E-state index contributed by atoms with van der Waals surface area (Å²) in [5.74, 6) is 0.0768. The van der Waals surface area contributed by atoms with Crippen LogP contribution in [0.5, 0.6) is 0 Å². The molecule has 0 bridgehead atoms. The van der Waals surface area contributed by atoms with Gasteiger partial charge in [0.2, 0.25) is 0 Å². The van der Waals surface area contributed by atoms with E-state index < -0.39 is 15.8 Å². The van der Waals surface area contributed by atoms with Gasteiger partial charge in [0, 0.05) is 6.54 Å². The predicted octanol–water partition coefficient (Wildman–Crippen LogP) is 1.54. The van der Waals surface area contributed by atoms with Gasteiger partial charge in [-0.05, 0) is 24.8 Å². The van der Waals surface area contributed by atoms with Crippen LogP contribution in [-0.4, -0.2) is 47.5 Å². The van der Waals surface area contributed by atoms with Crippen LogP contribution in [0.4, 0.5) is 5.82 Å². The Labute approximate surface area is 131 Å². The van der Waals surface area contributed by atoms with Gasteiger partial charge >= 0.3 is 5.97 Å². The molecule has 1 aliphatic heterocycles. The average Bonchev–Trinajstić information content (AvgIpc) is 2.97. The van der Waals surface area contributed by atoms with Gasteiger partial charge in [-0.1, -0.05) is 0 Å². The number of hydrogen-bond acceptors (Lipinski definition) is 7. The fraction of sp³-hybridized carbons (Fsp3) is 0.462. The minimum absolute atomic E-state index is 0.0629. The van der Waals surface area contributed by atoms with Crippen LogP contribution >= 0.6 is 11.3 Å². The van der Waals surface area contributed by atoms with Crippen LogP contribution in [0.25, 0.3) is 10.2 Å². The molecule has 1 aliphatic rings. The van der Waals surface area contributed by atoms with Crippen LogP contribution in [0.3, 0.4) is 0 Å². The summed E-state index contributed by atoms with van der Waals surface area (Å²) in [7, 11) is -2.91. The van der Waals surface area contributed by atoms with Crippen molar-refractivity contribution in [3.63, 3.8) is 0 Å². The second-order valence-corrected chi connectivity index (χ2v) is 8.64. The highest BCUT2D eigenvalue weighted by Crippen LogP contribution is 2.33. The average molecular weight is 341 g/mol. The van der Waals surface area contributed by atoms with Gasteiger partial charge in [0.05, 0.1) is 16.9 Å². The van der Waals surface area contributed by atoms with Crippen LogP contribution in [-0.2, 0) is 9.84 Å². The number of sulfone groups is 1.